The molecule has 0 bridgehead atoms. The van der Waals surface area contributed by atoms with Gasteiger partial charge in [0.05, 0.1) is 5.57 Å². The van der Waals surface area contributed by atoms with Crippen LogP contribution in [0.2, 0.25) is 0 Å². The van der Waals surface area contributed by atoms with E-state index in [2.05, 4.69) is 84.0 Å². The van der Waals surface area contributed by atoms with Gasteiger partial charge in [-0.05, 0) is 111 Å². The molecular weight excluding hydrogens is 472 g/mol. The van der Waals surface area contributed by atoms with Gasteiger partial charge >= 0.3 is 0 Å². The Morgan fingerprint density at radius 1 is 0.590 bits per heavy atom. The fraction of sp³-hybridized carbons (Fsp3) is 0.541. The molecule has 0 radical (unpaired) electrons. The molecule has 0 amide bonds. The maximum absolute atomic E-state index is 9.55. The van der Waals surface area contributed by atoms with E-state index in [1.54, 1.807) is 4.68 Å². The summed E-state index contributed by atoms with van der Waals surface area (Å²) in [6, 6.07) is 14.3. The van der Waals surface area contributed by atoms with Crippen LogP contribution in [-0.4, -0.2) is 10.4 Å². The van der Waals surface area contributed by atoms with E-state index in [1.165, 1.54) is 95.9 Å². The molecule has 2 aromatic rings. The molecule has 39 heavy (non-hydrogen) atoms. The first kappa shape index (κ1) is 30.9. The highest BCUT2D eigenvalue weighted by atomic mass is 15.3. The quantitative estimate of drug-likeness (QED) is 0.194. The van der Waals surface area contributed by atoms with Crippen LogP contribution in [0.1, 0.15) is 139 Å². The van der Waals surface area contributed by atoms with E-state index in [-0.39, 0.29) is 0 Å². The Kier molecular flexibility index (Phi) is 12.6. The van der Waals surface area contributed by atoms with E-state index >= 15 is 0 Å². The molecule has 0 aromatic heterocycles. The van der Waals surface area contributed by atoms with Crippen LogP contribution in [-0.2, 0) is 25.7 Å². The van der Waals surface area contributed by atoms with Crippen molar-refractivity contribution >= 4 is 11.4 Å². The second kappa shape index (κ2) is 15.8. The van der Waals surface area contributed by atoms with Gasteiger partial charge in [-0.3, -0.25) is 0 Å². The average Bonchev–Trinajstić information content (AvgIpc) is 3.19. The van der Waals surface area contributed by atoms with Gasteiger partial charge < -0.3 is 5.84 Å². The van der Waals surface area contributed by atoms with Crippen molar-refractivity contribution in [3.05, 3.63) is 92.8 Å². The van der Waals surface area contributed by atoms with Crippen LogP contribution in [0.5, 0.6) is 0 Å². The standard InChI is InChI=1S/C37H54N2/c1-7-12-17-29-22-30(18-13-8-2)25-33(24-29)36-28(6)35(21-16-11-5)37(39(36)38)34-26-31(19-14-9-3)23-32(27-34)20-15-10-4/h21-27,38H,7-20H2,1-6H3. The van der Waals surface area contributed by atoms with Crippen molar-refractivity contribution < 1.29 is 4.68 Å². The first-order valence-corrected chi connectivity index (χ1v) is 16.0. The zero-order chi connectivity index (χ0) is 28.2. The molecule has 0 spiro atoms. The molecule has 1 aliphatic heterocycles. The SMILES string of the molecule is CCCC=C1C(C)=C(c2cc(CCCC)cc(CCCC)c2)[N+]([NH-])=C1c1cc(CCCC)cc(CCCC)c1. The molecule has 1 N–H and O–H groups in total. The molecule has 2 nitrogen and oxygen atoms in total. The third-order valence-electron chi connectivity index (χ3n) is 8.03. The molecular formula is C37H54N2. The molecule has 0 atom stereocenters. The maximum Gasteiger partial charge on any atom is 0.215 e. The van der Waals surface area contributed by atoms with Crippen LogP contribution in [0.15, 0.2) is 53.6 Å². The second-order valence-corrected chi connectivity index (χ2v) is 11.6. The molecule has 0 unspecified atom stereocenters. The molecule has 212 valence electrons. The monoisotopic (exact) mass is 526 g/mol. The van der Waals surface area contributed by atoms with E-state index in [9.17, 15) is 5.84 Å². The Balaban J connectivity index is 2.18. The lowest BCUT2D eigenvalue weighted by atomic mass is 9.91. The van der Waals surface area contributed by atoms with Crippen molar-refractivity contribution in [1.82, 2.24) is 0 Å². The number of allylic oxidation sites excluding steroid dienone is 3. The summed E-state index contributed by atoms with van der Waals surface area (Å²) in [6.45, 7) is 13.6. The number of unbranched alkanes of at least 4 members (excludes halogenated alkanes) is 5. The van der Waals surface area contributed by atoms with Crippen LogP contribution in [0.25, 0.3) is 11.5 Å². The maximum atomic E-state index is 9.55. The topological polar surface area (TPSA) is 26.8 Å². The van der Waals surface area contributed by atoms with E-state index < -0.39 is 0 Å². The van der Waals surface area contributed by atoms with Crippen LogP contribution < -0.4 is 0 Å². The summed E-state index contributed by atoms with van der Waals surface area (Å²) >= 11 is 0. The van der Waals surface area contributed by atoms with Crippen LogP contribution in [0.4, 0.5) is 0 Å². The molecule has 0 aliphatic carbocycles. The van der Waals surface area contributed by atoms with Crippen molar-refractivity contribution in [2.45, 2.75) is 131 Å². The third-order valence-corrected chi connectivity index (χ3v) is 8.03. The normalized spacial score (nSPS) is 14.8. The van der Waals surface area contributed by atoms with Crippen molar-refractivity contribution in [2.24, 2.45) is 0 Å². The third kappa shape index (κ3) is 8.19. The number of hydrogen-bond acceptors (Lipinski definition) is 0. The lowest BCUT2D eigenvalue weighted by Gasteiger charge is -2.13. The molecule has 2 heteroatoms. The van der Waals surface area contributed by atoms with Gasteiger partial charge in [-0.25, -0.2) is 4.68 Å². The predicted octanol–water partition coefficient (Wildman–Crippen LogP) is 11.0. The Bertz CT molecular complexity index is 1130. The largest absolute Gasteiger partial charge is 0.448 e. The molecule has 1 heterocycles. The zero-order valence-electron chi connectivity index (χ0n) is 25.9. The first-order valence-electron chi connectivity index (χ1n) is 16.0. The fourth-order valence-electron chi connectivity index (χ4n) is 5.77. The van der Waals surface area contributed by atoms with Crippen LogP contribution in [0, 0.1) is 0 Å². The number of nitrogens with one attached hydrogen (secondary N) is 1. The van der Waals surface area contributed by atoms with Gasteiger partial charge in [-0.1, -0.05) is 84.9 Å². The van der Waals surface area contributed by atoms with Gasteiger partial charge in [0.25, 0.3) is 0 Å². The smallest absolute Gasteiger partial charge is 0.215 e. The van der Waals surface area contributed by atoms with Crippen molar-refractivity contribution in [3.8, 4) is 0 Å². The number of rotatable bonds is 16. The molecule has 3 rings (SSSR count). The summed E-state index contributed by atoms with van der Waals surface area (Å²) < 4.78 is 1.78. The van der Waals surface area contributed by atoms with Gasteiger partial charge in [-0.15, -0.1) is 0 Å². The molecule has 1 aliphatic rings. The predicted molar refractivity (Wildman–Crippen MR) is 172 cm³/mol. The van der Waals surface area contributed by atoms with Gasteiger partial charge in [0, 0.05) is 16.7 Å². The van der Waals surface area contributed by atoms with E-state index in [0.29, 0.717) is 0 Å². The lowest BCUT2D eigenvalue weighted by Crippen LogP contribution is -2.13. The fourth-order valence-corrected chi connectivity index (χ4v) is 5.77. The minimum Gasteiger partial charge on any atom is -0.448 e. The Hall–Kier alpha value is -2.61. The summed E-state index contributed by atoms with van der Waals surface area (Å²) in [5, 5.41) is 0. The highest BCUT2D eigenvalue weighted by Gasteiger charge is 2.33. The van der Waals surface area contributed by atoms with E-state index in [1.807, 2.05) is 0 Å². The van der Waals surface area contributed by atoms with Gasteiger partial charge in [-0.2, -0.15) is 0 Å². The average molecular weight is 527 g/mol. The summed E-state index contributed by atoms with van der Waals surface area (Å²) in [5.41, 5.74) is 12.8. The Labute approximate surface area is 240 Å². The molecule has 2 aromatic carbocycles. The van der Waals surface area contributed by atoms with Crippen molar-refractivity contribution in [2.75, 3.05) is 0 Å². The highest BCUT2D eigenvalue weighted by molar-refractivity contribution is 6.16. The molecule has 0 fully saturated rings. The van der Waals surface area contributed by atoms with Gasteiger partial charge in [0.2, 0.25) is 11.4 Å². The number of hydrogen-bond donors (Lipinski definition) is 0. The minimum atomic E-state index is 1.04. The van der Waals surface area contributed by atoms with E-state index in [0.717, 1.165) is 49.9 Å². The van der Waals surface area contributed by atoms with Gasteiger partial charge in [0.1, 0.15) is 0 Å². The Morgan fingerprint density at radius 2 is 1.00 bits per heavy atom. The number of benzene rings is 2. The summed E-state index contributed by atoms with van der Waals surface area (Å²) in [4.78, 5) is 0. The van der Waals surface area contributed by atoms with Gasteiger partial charge in [0.15, 0.2) is 0 Å². The Morgan fingerprint density at radius 3 is 1.38 bits per heavy atom. The van der Waals surface area contributed by atoms with Crippen molar-refractivity contribution in [3.63, 3.8) is 0 Å². The number of aryl methyl sites for hydroxylation is 4. The minimum absolute atomic E-state index is 1.04. The summed E-state index contributed by atoms with van der Waals surface area (Å²) in [5.74, 6) is 9.55. The van der Waals surface area contributed by atoms with E-state index in [4.69, 9.17) is 0 Å². The number of nitrogens with zero attached hydrogens (tertiary/aromatic N) is 1. The van der Waals surface area contributed by atoms with Crippen LogP contribution >= 0.6 is 0 Å². The zero-order valence-corrected chi connectivity index (χ0v) is 25.9. The molecule has 0 saturated heterocycles. The highest BCUT2D eigenvalue weighted by Crippen LogP contribution is 2.36. The summed E-state index contributed by atoms with van der Waals surface area (Å²) in [7, 11) is 0. The molecule has 0 saturated carbocycles. The van der Waals surface area contributed by atoms with Crippen LogP contribution in [0.3, 0.4) is 0 Å². The lowest BCUT2D eigenvalue weighted by molar-refractivity contribution is -0.347. The summed E-state index contributed by atoms with van der Waals surface area (Å²) in [6.07, 6.45) is 18.7. The first-order chi connectivity index (χ1) is 19.0. The second-order valence-electron chi connectivity index (χ2n) is 11.6. The van der Waals surface area contributed by atoms with Crippen molar-refractivity contribution in [1.29, 1.82) is 0 Å².